The Kier molecular flexibility index (Phi) is 4.07. The molecule has 18 heavy (non-hydrogen) atoms. The van der Waals surface area contributed by atoms with Gasteiger partial charge in [-0.15, -0.1) is 0 Å². The van der Waals surface area contributed by atoms with Gasteiger partial charge in [0, 0.05) is 25.1 Å². The topological polar surface area (TPSA) is 47.3 Å². The SMILES string of the molecule is CCn1cc(CC(O)C2C(C)OC(C)C2C)cn1. The van der Waals surface area contributed by atoms with E-state index in [1.807, 2.05) is 17.1 Å². The van der Waals surface area contributed by atoms with Crippen molar-refractivity contribution in [2.45, 2.75) is 59.0 Å². The third-order valence-electron chi connectivity index (χ3n) is 4.22. The van der Waals surface area contributed by atoms with Crippen LogP contribution in [0.1, 0.15) is 33.3 Å². The predicted molar refractivity (Wildman–Crippen MR) is 70.3 cm³/mol. The molecule has 102 valence electrons. The number of rotatable bonds is 4. The summed E-state index contributed by atoms with van der Waals surface area (Å²) < 4.78 is 7.68. The first-order valence-electron chi connectivity index (χ1n) is 6.87. The minimum absolute atomic E-state index is 0.131. The molecule has 0 saturated carbocycles. The molecular formula is C14H24N2O2. The highest BCUT2D eigenvalue weighted by atomic mass is 16.5. The average Bonchev–Trinajstić information content (AvgIpc) is 2.85. The maximum atomic E-state index is 10.4. The molecule has 1 fully saturated rings. The third-order valence-corrected chi connectivity index (χ3v) is 4.22. The zero-order chi connectivity index (χ0) is 13.3. The number of aliphatic hydroxyl groups excluding tert-OH is 1. The van der Waals surface area contributed by atoms with Crippen LogP contribution in [0, 0.1) is 11.8 Å². The number of aromatic nitrogens is 2. The van der Waals surface area contributed by atoms with Crippen molar-refractivity contribution in [2.24, 2.45) is 11.8 Å². The van der Waals surface area contributed by atoms with Gasteiger partial charge in [-0.05, 0) is 32.3 Å². The number of aryl methyl sites for hydroxylation is 1. The Hall–Kier alpha value is -0.870. The molecule has 5 unspecified atom stereocenters. The molecule has 5 atom stereocenters. The van der Waals surface area contributed by atoms with Crippen LogP contribution in [-0.2, 0) is 17.7 Å². The molecule has 0 amide bonds. The van der Waals surface area contributed by atoms with E-state index in [0.29, 0.717) is 12.3 Å². The Bertz CT molecular complexity index is 391. The summed E-state index contributed by atoms with van der Waals surface area (Å²) in [5, 5.41) is 14.7. The second-order valence-corrected chi connectivity index (χ2v) is 5.46. The largest absolute Gasteiger partial charge is 0.392 e. The van der Waals surface area contributed by atoms with Crippen molar-refractivity contribution in [1.29, 1.82) is 0 Å². The summed E-state index contributed by atoms with van der Waals surface area (Å²) in [6.45, 7) is 9.24. The molecule has 2 heterocycles. The smallest absolute Gasteiger partial charge is 0.0638 e. The highest BCUT2D eigenvalue weighted by Gasteiger charge is 2.41. The van der Waals surface area contributed by atoms with Crippen LogP contribution in [-0.4, -0.2) is 33.2 Å². The van der Waals surface area contributed by atoms with Gasteiger partial charge in [-0.3, -0.25) is 4.68 Å². The molecule has 0 aromatic carbocycles. The number of ether oxygens (including phenoxy) is 1. The van der Waals surface area contributed by atoms with E-state index in [1.165, 1.54) is 0 Å². The Labute approximate surface area is 109 Å². The van der Waals surface area contributed by atoms with Gasteiger partial charge in [-0.25, -0.2) is 0 Å². The van der Waals surface area contributed by atoms with E-state index in [0.717, 1.165) is 12.1 Å². The first-order valence-corrected chi connectivity index (χ1v) is 6.87. The standard InChI is InChI=1S/C14H24N2O2/c1-5-16-8-12(7-15-16)6-13(17)14-9(2)10(3)18-11(14)4/h7-11,13-14,17H,5-6H2,1-4H3. The summed E-state index contributed by atoms with van der Waals surface area (Å²) in [5.74, 6) is 0.612. The van der Waals surface area contributed by atoms with Gasteiger partial charge in [0.25, 0.3) is 0 Å². The van der Waals surface area contributed by atoms with Gasteiger partial charge in [-0.1, -0.05) is 6.92 Å². The molecule has 0 bridgehead atoms. The van der Waals surface area contributed by atoms with E-state index in [2.05, 4.69) is 32.8 Å². The summed E-state index contributed by atoms with van der Waals surface area (Å²) in [7, 11) is 0. The first kappa shape index (κ1) is 13.6. The van der Waals surface area contributed by atoms with Crippen molar-refractivity contribution in [2.75, 3.05) is 0 Å². The summed E-state index contributed by atoms with van der Waals surface area (Å²) in [5.41, 5.74) is 1.10. The van der Waals surface area contributed by atoms with E-state index < -0.39 is 0 Å². The van der Waals surface area contributed by atoms with Gasteiger partial charge in [0.1, 0.15) is 0 Å². The Morgan fingerprint density at radius 1 is 1.39 bits per heavy atom. The zero-order valence-electron chi connectivity index (χ0n) is 11.7. The Balaban J connectivity index is 2.01. The molecule has 4 nitrogen and oxygen atoms in total. The molecule has 0 spiro atoms. The van der Waals surface area contributed by atoms with Crippen molar-refractivity contribution in [3.63, 3.8) is 0 Å². The second kappa shape index (κ2) is 5.41. The third kappa shape index (κ3) is 2.59. The maximum absolute atomic E-state index is 10.4. The minimum atomic E-state index is -0.352. The van der Waals surface area contributed by atoms with E-state index >= 15 is 0 Å². The summed E-state index contributed by atoms with van der Waals surface area (Å²) in [4.78, 5) is 0. The lowest BCUT2D eigenvalue weighted by Gasteiger charge is -2.24. The number of aliphatic hydroxyl groups is 1. The lowest BCUT2D eigenvalue weighted by molar-refractivity contribution is 0.0240. The van der Waals surface area contributed by atoms with Gasteiger partial charge in [0.15, 0.2) is 0 Å². The quantitative estimate of drug-likeness (QED) is 0.890. The maximum Gasteiger partial charge on any atom is 0.0638 e. The highest BCUT2D eigenvalue weighted by molar-refractivity contribution is 5.07. The summed E-state index contributed by atoms with van der Waals surface area (Å²) in [6.07, 6.45) is 4.54. The average molecular weight is 252 g/mol. The molecule has 0 radical (unpaired) electrons. The lowest BCUT2D eigenvalue weighted by atomic mass is 9.83. The molecule has 4 heteroatoms. The molecule has 1 aromatic rings. The van der Waals surface area contributed by atoms with Crippen molar-refractivity contribution in [1.82, 2.24) is 9.78 Å². The Morgan fingerprint density at radius 2 is 2.11 bits per heavy atom. The number of nitrogens with zero attached hydrogens (tertiary/aromatic N) is 2. The van der Waals surface area contributed by atoms with Gasteiger partial charge in [0.2, 0.25) is 0 Å². The first-order chi connectivity index (χ1) is 8.52. The molecule has 0 aliphatic carbocycles. The monoisotopic (exact) mass is 252 g/mol. The molecule has 1 aromatic heterocycles. The van der Waals surface area contributed by atoms with Gasteiger partial charge < -0.3 is 9.84 Å². The van der Waals surface area contributed by atoms with Crippen LogP contribution in [0.4, 0.5) is 0 Å². The molecule has 1 saturated heterocycles. The fourth-order valence-electron chi connectivity index (χ4n) is 3.02. The molecule has 1 aliphatic rings. The van der Waals surface area contributed by atoms with Crippen molar-refractivity contribution < 1.29 is 9.84 Å². The molecule has 1 N–H and O–H groups in total. The molecule has 2 rings (SSSR count). The number of hydrogen-bond donors (Lipinski definition) is 1. The minimum Gasteiger partial charge on any atom is -0.392 e. The normalized spacial score (nSPS) is 33.8. The van der Waals surface area contributed by atoms with Crippen LogP contribution in [0.2, 0.25) is 0 Å². The fourth-order valence-corrected chi connectivity index (χ4v) is 3.02. The summed E-state index contributed by atoms with van der Waals surface area (Å²) >= 11 is 0. The van der Waals surface area contributed by atoms with Crippen LogP contribution in [0.15, 0.2) is 12.4 Å². The van der Waals surface area contributed by atoms with E-state index in [-0.39, 0.29) is 24.2 Å². The van der Waals surface area contributed by atoms with Gasteiger partial charge in [-0.2, -0.15) is 5.10 Å². The van der Waals surface area contributed by atoms with E-state index in [9.17, 15) is 5.11 Å². The highest BCUT2D eigenvalue weighted by Crippen LogP contribution is 2.35. The molecular weight excluding hydrogens is 228 g/mol. The Morgan fingerprint density at radius 3 is 2.61 bits per heavy atom. The fraction of sp³-hybridized carbons (Fsp3) is 0.786. The zero-order valence-corrected chi connectivity index (χ0v) is 11.7. The van der Waals surface area contributed by atoms with Crippen molar-refractivity contribution in [3.05, 3.63) is 18.0 Å². The number of hydrogen-bond acceptors (Lipinski definition) is 3. The van der Waals surface area contributed by atoms with Crippen LogP contribution < -0.4 is 0 Å². The second-order valence-electron chi connectivity index (χ2n) is 5.46. The summed E-state index contributed by atoms with van der Waals surface area (Å²) in [6, 6.07) is 0. The van der Waals surface area contributed by atoms with E-state index in [1.54, 1.807) is 0 Å². The van der Waals surface area contributed by atoms with E-state index in [4.69, 9.17) is 4.74 Å². The lowest BCUT2D eigenvalue weighted by Crippen LogP contribution is -2.32. The van der Waals surface area contributed by atoms with Crippen LogP contribution in [0.25, 0.3) is 0 Å². The van der Waals surface area contributed by atoms with Crippen LogP contribution >= 0.6 is 0 Å². The van der Waals surface area contributed by atoms with Crippen molar-refractivity contribution >= 4 is 0 Å². The predicted octanol–water partition coefficient (Wildman–Crippen LogP) is 1.87. The van der Waals surface area contributed by atoms with Gasteiger partial charge >= 0.3 is 0 Å². The molecule has 1 aliphatic heterocycles. The van der Waals surface area contributed by atoms with Crippen molar-refractivity contribution in [3.8, 4) is 0 Å². The van der Waals surface area contributed by atoms with Crippen LogP contribution in [0.5, 0.6) is 0 Å². The van der Waals surface area contributed by atoms with Crippen LogP contribution in [0.3, 0.4) is 0 Å². The van der Waals surface area contributed by atoms with Gasteiger partial charge in [0.05, 0.1) is 24.5 Å².